The molecule has 0 radical (unpaired) electrons. The number of rotatable bonds is 4. The number of nitrogens with one attached hydrogen (secondary N) is 1. The van der Waals surface area contributed by atoms with Gasteiger partial charge in [-0.05, 0) is 43.2 Å². The SMILES string of the molecule is Cc1ccc(/C=N/NC(=O)Cn2nnc3sc4c(c3c2=O)CCC(C)C4)cc1. The number of fused-ring (bicyclic) bond motifs is 3. The van der Waals surface area contributed by atoms with Crippen LogP contribution in [0.3, 0.4) is 0 Å². The molecule has 1 amide bonds. The summed E-state index contributed by atoms with van der Waals surface area (Å²) in [6.45, 7) is 4.01. The first kappa shape index (κ1) is 18.5. The van der Waals surface area contributed by atoms with Gasteiger partial charge in [-0.3, -0.25) is 9.59 Å². The number of nitrogens with zero attached hydrogens (tertiary/aromatic N) is 4. The van der Waals surface area contributed by atoms with Crippen molar-refractivity contribution in [3.05, 3.63) is 56.2 Å². The highest BCUT2D eigenvalue weighted by Crippen LogP contribution is 2.35. The van der Waals surface area contributed by atoms with E-state index in [0.717, 1.165) is 40.6 Å². The maximum absolute atomic E-state index is 12.9. The molecule has 1 aromatic carbocycles. The van der Waals surface area contributed by atoms with Crippen molar-refractivity contribution in [1.29, 1.82) is 0 Å². The number of carbonyl (C=O) groups is 1. The molecule has 3 aromatic rings. The van der Waals surface area contributed by atoms with E-state index in [1.807, 2.05) is 31.2 Å². The number of aromatic nitrogens is 3. The summed E-state index contributed by atoms with van der Waals surface area (Å²) in [6.07, 6.45) is 4.48. The first-order valence-corrected chi connectivity index (χ1v) is 10.1. The smallest absolute Gasteiger partial charge is 0.271 e. The lowest BCUT2D eigenvalue weighted by Gasteiger charge is -2.17. The van der Waals surface area contributed by atoms with Gasteiger partial charge in [-0.1, -0.05) is 42.0 Å². The third-order valence-electron chi connectivity index (χ3n) is 4.96. The standard InChI is InChI=1S/C20H21N5O2S/c1-12-3-6-14(7-4-12)10-21-22-17(26)11-25-20(27)18-15-8-5-13(2)9-16(15)28-19(18)23-24-25/h3-4,6-7,10,13H,5,8-9,11H2,1-2H3,(H,22,26)/b21-10+. The van der Waals surface area contributed by atoms with Gasteiger partial charge in [-0.25, -0.2) is 10.1 Å². The molecular weight excluding hydrogens is 374 g/mol. The predicted molar refractivity (Wildman–Crippen MR) is 110 cm³/mol. The van der Waals surface area contributed by atoms with Crippen LogP contribution in [0, 0.1) is 12.8 Å². The van der Waals surface area contributed by atoms with Crippen LogP contribution in [-0.4, -0.2) is 27.1 Å². The lowest BCUT2D eigenvalue weighted by atomic mass is 9.89. The minimum Gasteiger partial charge on any atom is -0.271 e. The molecule has 2 heterocycles. The summed E-state index contributed by atoms with van der Waals surface area (Å²) in [5.41, 5.74) is 5.30. The normalized spacial score (nSPS) is 16.4. The number of carbonyl (C=O) groups excluding carboxylic acids is 1. The van der Waals surface area contributed by atoms with Gasteiger partial charge in [0.05, 0.1) is 11.6 Å². The molecule has 4 rings (SSSR count). The Hall–Kier alpha value is -2.87. The van der Waals surface area contributed by atoms with Gasteiger partial charge < -0.3 is 0 Å². The molecule has 2 aromatic heterocycles. The van der Waals surface area contributed by atoms with Gasteiger partial charge in [0, 0.05) is 4.88 Å². The number of amides is 1. The fourth-order valence-corrected chi connectivity index (χ4v) is 4.72. The van der Waals surface area contributed by atoms with Crippen molar-refractivity contribution in [2.24, 2.45) is 11.0 Å². The highest BCUT2D eigenvalue weighted by atomic mass is 32.1. The lowest BCUT2D eigenvalue weighted by Crippen LogP contribution is -2.32. The fourth-order valence-electron chi connectivity index (χ4n) is 3.40. The second kappa shape index (κ2) is 7.63. The predicted octanol–water partition coefficient (Wildman–Crippen LogP) is 2.44. The molecule has 1 atom stereocenters. The molecule has 7 nitrogen and oxygen atoms in total. The lowest BCUT2D eigenvalue weighted by molar-refractivity contribution is -0.121. The van der Waals surface area contributed by atoms with Gasteiger partial charge in [-0.2, -0.15) is 5.10 Å². The number of thiophene rings is 1. The summed E-state index contributed by atoms with van der Waals surface area (Å²) in [4.78, 5) is 26.9. The third-order valence-corrected chi connectivity index (χ3v) is 6.10. The zero-order chi connectivity index (χ0) is 19.7. The van der Waals surface area contributed by atoms with Crippen LogP contribution < -0.4 is 11.0 Å². The first-order chi connectivity index (χ1) is 13.5. The minimum atomic E-state index is -0.420. The molecule has 1 unspecified atom stereocenters. The number of benzene rings is 1. The number of hydrazone groups is 1. The highest BCUT2D eigenvalue weighted by molar-refractivity contribution is 7.18. The zero-order valence-corrected chi connectivity index (χ0v) is 16.6. The fraction of sp³-hybridized carbons (Fsp3) is 0.350. The molecule has 0 fully saturated rings. The van der Waals surface area contributed by atoms with Gasteiger partial charge in [0.1, 0.15) is 6.54 Å². The highest BCUT2D eigenvalue weighted by Gasteiger charge is 2.24. The Balaban J connectivity index is 1.50. The molecule has 1 aliphatic rings. The van der Waals surface area contributed by atoms with Crippen LogP contribution in [-0.2, 0) is 24.2 Å². The van der Waals surface area contributed by atoms with Crippen molar-refractivity contribution in [2.45, 2.75) is 39.7 Å². The second-order valence-electron chi connectivity index (χ2n) is 7.29. The van der Waals surface area contributed by atoms with Gasteiger partial charge in [-0.15, -0.1) is 16.4 Å². The van der Waals surface area contributed by atoms with E-state index >= 15 is 0 Å². The Labute approximate surface area is 166 Å². The van der Waals surface area contributed by atoms with Crippen LogP contribution >= 0.6 is 11.3 Å². The molecule has 1 N–H and O–H groups in total. The molecular formula is C20H21N5O2S. The third kappa shape index (κ3) is 3.73. The topological polar surface area (TPSA) is 89.2 Å². The van der Waals surface area contributed by atoms with E-state index in [4.69, 9.17) is 0 Å². The van der Waals surface area contributed by atoms with Crippen molar-refractivity contribution in [1.82, 2.24) is 20.4 Å². The molecule has 144 valence electrons. The van der Waals surface area contributed by atoms with Crippen LogP contribution in [0.2, 0.25) is 0 Å². The molecule has 0 spiro atoms. The average Bonchev–Trinajstić information content (AvgIpc) is 3.04. The summed E-state index contributed by atoms with van der Waals surface area (Å²) in [6, 6.07) is 7.76. The van der Waals surface area contributed by atoms with Crippen molar-refractivity contribution in [3.8, 4) is 0 Å². The largest absolute Gasteiger partial charge is 0.279 e. The monoisotopic (exact) mass is 395 g/mol. The number of aryl methyl sites for hydroxylation is 2. The van der Waals surface area contributed by atoms with Crippen molar-refractivity contribution < 1.29 is 4.79 Å². The van der Waals surface area contributed by atoms with Crippen LogP contribution in [0.1, 0.15) is 34.9 Å². The van der Waals surface area contributed by atoms with E-state index in [9.17, 15) is 9.59 Å². The Bertz CT molecular complexity index is 1110. The molecule has 0 bridgehead atoms. The number of hydrogen-bond acceptors (Lipinski definition) is 6. The van der Waals surface area contributed by atoms with Crippen LogP contribution in [0.4, 0.5) is 0 Å². The van der Waals surface area contributed by atoms with Crippen molar-refractivity contribution in [2.75, 3.05) is 0 Å². The second-order valence-corrected chi connectivity index (χ2v) is 8.37. The molecule has 0 saturated carbocycles. The summed E-state index contributed by atoms with van der Waals surface area (Å²) in [5.74, 6) is 0.199. The Morgan fingerprint density at radius 3 is 2.96 bits per heavy atom. The average molecular weight is 395 g/mol. The van der Waals surface area contributed by atoms with Crippen LogP contribution in [0.5, 0.6) is 0 Å². The van der Waals surface area contributed by atoms with E-state index in [1.165, 1.54) is 4.88 Å². The van der Waals surface area contributed by atoms with Gasteiger partial charge >= 0.3 is 0 Å². The molecule has 0 aliphatic heterocycles. The Morgan fingerprint density at radius 2 is 2.18 bits per heavy atom. The van der Waals surface area contributed by atoms with E-state index < -0.39 is 5.91 Å². The van der Waals surface area contributed by atoms with E-state index in [1.54, 1.807) is 17.6 Å². The van der Waals surface area contributed by atoms with Gasteiger partial charge in [0.2, 0.25) is 0 Å². The van der Waals surface area contributed by atoms with Crippen molar-refractivity contribution in [3.63, 3.8) is 0 Å². The first-order valence-electron chi connectivity index (χ1n) is 9.28. The summed E-state index contributed by atoms with van der Waals surface area (Å²) in [7, 11) is 0. The molecule has 1 aliphatic carbocycles. The number of hydrogen-bond donors (Lipinski definition) is 1. The van der Waals surface area contributed by atoms with E-state index in [2.05, 4.69) is 27.8 Å². The Morgan fingerprint density at radius 1 is 1.39 bits per heavy atom. The zero-order valence-electron chi connectivity index (χ0n) is 15.8. The molecule has 28 heavy (non-hydrogen) atoms. The maximum Gasteiger partial charge on any atom is 0.279 e. The van der Waals surface area contributed by atoms with E-state index in [-0.39, 0.29) is 12.1 Å². The quantitative estimate of drug-likeness (QED) is 0.543. The molecule has 8 heteroatoms. The van der Waals surface area contributed by atoms with Crippen molar-refractivity contribution >= 4 is 33.7 Å². The summed E-state index contributed by atoms with van der Waals surface area (Å²) >= 11 is 1.55. The van der Waals surface area contributed by atoms with Gasteiger partial charge in [0.15, 0.2) is 4.83 Å². The van der Waals surface area contributed by atoms with Gasteiger partial charge in [0.25, 0.3) is 11.5 Å². The van der Waals surface area contributed by atoms with E-state index in [0.29, 0.717) is 16.1 Å². The van der Waals surface area contributed by atoms with Crippen LogP contribution in [0.15, 0.2) is 34.2 Å². The van der Waals surface area contributed by atoms with Crippen LogP contribution in [0.25, 0.3) is 10.2 Å². The summed E-state index contributed by atoms with van der Waals surface area (Å²) < 4.78 is 1.12. The minimum absolute atomic E-state index is 0.214. The molecule has 0 saturated heterocycles. The Kier molecular flexibility index (Phi) is 5.04. The summed E-state index contributed by atoms with van der Waals surface area (Å²) in [5, 5.41) is 12.7. The maximum atomic E-state index is 12.9.